The molecule has 5 nitrogen and oxygen atoms in total. The molecule has 1 aromatic heterocycles. The quantitative estimate of drug-likeness (QED) is 0.361. The number of hydrogen-bond donors (Lipinski definition) is 1. The number of carbonyl (C=O) groups excluding carboxylic acids is 1. The lowest BCUT2D eigenvalue weighted by Gasteiger charge is -2.19. The molecule has 0 unspecified atom stereocenters. The number of rotatable bonds is 7. The Morgan fingerprint density at radius 1 is 1.35 bits per heavy atom. The third-order valence-electron chi connectivity index (χ3n) is 2.18. The van der Waals surface area contributed by atoms with E-state index in [1.54, 1.807) is 12.4 Å². The molecule has 1 N–H and O–H groups in total. The van der Waals surface area contributed by atoms with Gasteiger partial charge in [0.1, 0.15) is 5.60 Å². The van der Waals surface area contributed by atoms with E-state index in [0.29, 0.717) is 5.16 Å². The van der Waals surface area contributed by atoms with Crippen molar-refractivity contribution < 1.29 is 9.53 Å². The fourth-order valence-corrected chi connectivity index (χ4v) is 1.97. The maximum Gasteiger partial charge on any atom is 0.316 e. The monoisotopic (exact) mass is 297 g/mol. The summed E-state index contributed by atoms with van der Waals surface area (Å²) in [6.45, 7) is 9.43. The molecule has 0 aliphatic heterocycles. The first-order valence-corrected chi connectivity index (χ1v) is 7.75. The predicted octanol–water partition coefficient (Wildman–Crippen LogP) is 2.41. The van der Waals surface area contributed by atoms with Crippen LogP contribution in [0.2, 0.25) is 0 Å². The number of aromatic nitrogens is 2. The molecule has 0 atom stereocenters. The van der Waals surface area contributed by atoms with Gasteiger partial charge in [0.05, 0.1) is 5.75 Å². The van der Waals surface area contributed by atoms with Crippen LogP contribution in [0.25, 0.3) is 0 Å². The van der Waals surface area contributed by atoms with Crippen molar-refractivity contribution in [2.24, 2.45) is 0 Å². The van der Waals surface area contributed by atoms with Crippen LogP contribution in [0.15, 0.2) is 17.6 Å². The summed E-state index contributed by atoms with van der Waals surface area (Å²) in [5, 5.41) is 3.88. The maximum atomic E-state index is 11.6. The maximum absolute atomic E-state index is 11.6. The number of nitrogens with one attached hydrogen (secondary N) is 1. The lowest BCUT2D eigenvalue weighted by molar-refractivity contribution is -0.151. The minimum absolute atomic E-state index is 0.227. The highest BCUT2D eigenvalue weighted by Crippen LogP contribution is 2.15. The highest BCUT2D eigenvalue weighted by Gasteiger charge is 2.16. The van der Waals surface area contributed by atoms with Crippen LogP contribution in [0.1, 0.15) is 39.7 Å². The van der Waals surface area contributed by atoms with Gasteiger partial charge >= 0.3 is 5.97 Å². The minimum atomic E-state index is -0.451. The standard InChI is InChI=1S/C14H23N3O2S/c1-5-6-15-7-11-8-16-13(17-9-11)20-10-12(18)19-14(2,3)4/h8-9,15H,5-7,10H2,1-4H3. The summed E-state index contributed by atoms with van der Waals surface area (Å²) in [5.41, 5.74) is 0.591. The molecule has 0 aliphatic carbocycles. The van der Waals surface area contributed by atoms with E-state index in [1.165, 1.54) is 11.8 Å². The van der Waals surface area contributed by atoms with Crippen molar-refractivity contribution in [3.8, 4) is 0 Å². The van der Waals surface area contributed by atoms with E-state index in [4.69, 9.17) is 4.74 Å². The topological polar surface area (TPSA) is 64.1 Å². The van der Waals surface area contributed by atoms with Crippen molar-refractivity contribution in [2.45, 2.75) is 51.4 Å². The molecular formula is C14H23N3O2S. The van der Waals surface area contributed by atoms with Crippen LogP contribution in [-0.4, -0.2) is 33.8 Å². The molecule has 0 bridgehead atoms. The van der Waals surface area contributed by atoms with Crippen LogP contribution >= 0.6 is 11.8 Å². The molecule has 0 amide bonds. The molecule has 0 aliphatic rings. The van der Waals surface area contributed by atoms with Gasteiger partial charge in [0.15, 0.2) is 5.16 Å². The average molecular weight is 297 g/mol. The third-order valence-corrected chi connectivity index (χ3v) is 3.03. The second-order valence-electron chi connectivity index (χ2n) is 5.43. The van der Waals surface area contributed by atoms with E-state index in [0.717, 1.165) is 25.1 Å². The summed E-state index contributed by atoms with van der Waals surface area (Å²) in [7, 11) is 0. The molecule has 0 fully saturated rings. The second-order valence-corrected chi connectivity index (χ2v) is 6.37. The summed E-state index contributed by atoms with van der Waals surface area (Å²) in [4.78, 5) is 20.0. The van der Waals surface area contributed by atoms with Gasteiger partial charge in [-0.2, -0.15) is 0 Å². The van der Waals surface area contributed by atoms with Crippen molar-refractivity contribution in [3.63, 3.8) is 0 Å². The van der Waals surface area contributed by atoms with Crippen molar-refractivity contribution in [1.29, 1.82) is 0 Å². The van der Waals surface area contributed by atoms with Crippen LogP contribution in [0.5, 0.6) is 0 Å². The van der Waals surface area contributed by atoms with E-state index in [2.05, 4.69) is 22.2 Å². The van der Waals surface area contributed by atoms with Crippen LogP contribution in [0, 0.1) is 0 Å². The van der Waals surface area contributed by atoms with E-state index < -0.39 is 5.60 Å². The van der Waals surface area contributed by atoms with Crippen molar-refractivity contribution in [1.82, 2.24) is 15.3 Å². The molecule has 1 rings (SSSR count). The lowest BCUT2D eigenvalue weighted by atomic mass is 10.2. The molecule has 1 aromatic rings. The predicted molar refractivity (Wildman–Crippen MR) is 80.6 cm³/mol. The van der Waals surface area contributed by atoms with E-state index >= 15 is 0 Å². The Morgan fingerprint density at radius 3 is 2.55 bits per heavy atom. The number of esters is 1. The largest absolute Gasteiger partial charge is 0.459 e. The van der Waals surface area contributed by atoms with E-state index in [1.807, 2.05) is 20.8 Å². The van der Waals surface area contributed by atoms with Gasteiger partial charge in [-0.15, -0.1) is 0 Å². The van der Waals surface area contributed by atoms with E-state index in [-0.39, 0.29) is 11.7 Å². The van der Waals surface area contributed by atoms with Crippen LogP contribution < -0.4 is 5.32 Å². The molecule has 0 radical (unpaired) electrons. The fraction of sp³-hybridized carbons (Fsp3) is 0.643. The molecule has 1 heterocycles. The van der Waals surface area contributed by atoms with Gasteiger partial charge in [-0.1, -0.05) is 18.7 Å². The zero-order valence-corrected chi connectivity index (χ0v) is 13.4. The van der Waals surface area contributed by atoms with Crippen molar-refractivity contribution >= 4 is 17.7 Å². The molecule has 0 aromatic carbocycles. The highest BCUT2D eigenvalue weighted by molar-refractivity contribution is 7.99. The van der Waals surface area contributed by atoms with Gasteiger partial charge in [-0.3, -0.25) is 4.79 Å². The van der Waals surface area contributed by atoms with Crippen LogP contribution in [-0.2, 0) is 16.1 Å². The minimum Gasteiger partial charge on any atom is -0.459 e. The summed E-state index contributed by atoms with van der Waals surface area (Å²) in [6, 6.07) is 0. The summed E-state index contributed by atoms with van der Waals surface area (Å²) in [5.74, 6) is -0.0233. The van der Waals surface area contributed by atoms with Crippen molar-refractivity contribution in [3.05, 3.63) is 18.0 Å². The number of ether oxygens (including phenoxy) is 1. The summed E-state index contributed by atoms with van der Waals surface area (Å²) in [6.07, 6.45) is 4.67. The molecule has 6 heteroatoms. The number of hydrogen-bond acceptors (Lipinski definition) is 6. The first-order valence-electron chi connectivity index (χ1n) is 6.77. The Bertz CT molecular complexity index is 415. The molecule has 112 valence electrons. The van der Waals surface area contributed by atoms with Gasteiger partial charge in [0.25, 0.3) is 0 Å². The molecule has 0 saturated carbocycles. The number of carbonyl (C=O) groups is 1. The average Bonchev–Trinajstić information content (AvgIpc) is 2.36. The van der Waals surface area contributed by atoms with Crippen LogP contribution in [0.3, 0.4) is 0 Å². The number of nitrogens with zero attached hydrogens (tertiary/aromatic N) is 2. The Balaban J connectivity index is 2.36. The molecule has 20 heavy (non-hydrogen) atoms. The summed E-state index contributed by atoms with van der Waals surface area (Å²) < 4.78 is 5.22. The second kappa shape index (κ2) is 8.21. The first kappa shape index (κ1) is 16.9. The Labute approximate surface area is 124 Å². The highest BCUT2D eigenvalue weighted by atomic mass is 32.2. The van der Waals surface area contributed by atoms with Crippen molar-refractivity contribution in [2.75, 3.05) is 12.3 Å². The zero-order valence-electron chi connectivity index (χ0n) is 12.6. The fourth-order valence-electron chi connectivity index (χ4n) is 1.41. The Morgan fingerprint density at radius 2 is 2.00 bits per heavy atom. The van der Waals surface area contributed by atoms with Gasteiger partial charge in [-0.25, -0.2) is 9.97 Å². The van der Waals surface area contributed by atoms with Gasteiger partial charge in [-0.05, 0) is 33.7 Å². The molecular weight excluding hydrogens is 274 g/mol. The van der Waals surface area contributed by atoms with Gasteiger partial charge < -0.3 is 10.1 Å². The van der Waals surface area contributed by atoms with Crippen LogP contribution in [0.4, 0.5) is 0 Å². The Kier molecular flexibility index (Phi) is 6.95. The molecule has 0 spiro atoms. The SMILES string of the molecule is CCCNCc1cnc(SCC(=O)OC(C)(C)C)nc1. The third kappa shape index (κ3) is 7.45. The number of thioether (sulfide) groups is 1. The van der Waals surface area contributed by atoms with Gasteiger partial charge in [0, 0.05) is 24.5 Å². The van der Waals surface area contributed by atoms with E-state index in [9.17, 15) is 4.79 Å². The molecule has 0 saturated heterocycles. The summed E-state index contributed by atoms with van der Waals surface area (Å²) >= 11 is 1.29. The first-order chi connectivity index (χ1) is 9.40. The zero-order chi connectivity index (χ0) is 15.0. The van der Waals surface area contributed by atoms with Gasteiger partial charge in [0.2, 0.25) is 0 Å². The lowest BCUT2D eigenvalue weighted by Crippen LogP contribution is -2.25. The normalized spacial score (nSPS) is 11.4. The smallest absolute Gasteiger partial charge is 0.316 e. The Hall–Kier alpha value is -1.14.